The Balaban J connectivity index is 3.60. The summed E-state index contributed by atoms with van der Waals surface area (Å²) in [5.74, 6) is 0. The Morgan fingerprint density at radius 2 is 2.18 bits per heavy atom. The van der Waals surface area contributed by atoms with Crippen LogP contribution in [0.4, 0.5) is 0 Å². The summed E-state index contributed by atoms with van der Waals surface area (Å²) in [6.07, 6.45) is 6.40. The molecule has 0 aliphatic rings. The molecule has 0 spiro atoms. The van der Waals surface area contributed by atoms with E-state index in [1.807, 2.05) is 12.3 Å². The summed E-state index contributed by atoms with van der Waals surface area (Å²) in [5.41, 5.74) is 5.21. The number of nitrogens with zero attached hydrogens (tertiary/aromatic N) is 1. The Labute approximate surface area is 69.4 Å². The molecule has 0 aromatic heterocycles. The normalized spacial score (nSPS) is 10.8. The van der Waals surface area contributed by atoms with Crippen LogP contribution in [0.5, 0.6) is 0 Å². The van der Waals surface area contributed by atoms with Crippen molar-refractivity contribution in [3.63, 3.8) is 0 Å². The second kappa shape index (κ2) is 5.83. The second-order valence-electron chi connectivity index (χ2n) is 2.73. The summed E-state index contributed by atoms with van der Waals surface area (Å²) in [6, 6.07) is 0.527. The Hall–Kier alpha value is -0.920. The van der Waals surface area contributed by atoms with Gasteiger partial charge in [0.05, 0.1) is 0 Å². The van der Waals surface area contributed by atoms with Crippen molar-refractivity contribution in [3.8, 4) is 0 Å². The molecule has 2 N–H and O–H groups in total. The third-order valence-electron chi connectivity index (χ3n) is 1.59. The maximum atomic E-state index is 5.21. The van der Waals surface area contributed by atoms with Gasteiger partial charge >= 0.3 is 0 Å². The van der Waals surface area contributed by atoms with E-state index in [0.717, 1.165) is 13.0 Å². The highest BCUT2D eigenvalue weighted by molar-refractivity contribution is 4.81. The van der Waals surface area contributed by atoms with Crippen LogP contribution < -0.4 is 5.73 Å². The fourth-order valence-electron chi connectivity index (χ4n) is 0.880. The first-order chi connectivity index (χ1) is 5.22. The van der Waals surface area contributed by atoms with Crippen LogP contribution in [0.1, 0.15) is 20.3 Å². The maximum absolute atomic E-state index is 5.21. The Kier molecular flexibility index (Phi) is 5.35. The quantitative estimate of drug-likeness (QED) is 0.653. The van der Waals surface area contributed by atoms with Crippen molar-refractivity contribution in [2.24, 2.45) is 5.73 Å². The molecule has 0 aromatic carbocycles. The zero-order valence-corrected chi connectivity index (χ0v) is 7.46. The maximum Gasteiger partial charge on any atom is 0.0227 e. The summed E-state index contributed by atoms with van der Waals surface area (Å²) in [7, 11) is 0. The van der Waals surface area contributed by atoms with Gasteiger partial charge in [0, 0.05) is 12.6 Å². The Bertz CT molecular complexity index is 128. The SMILES string of the molecule is C=CN(CC/C=C\N)C(C)C. The standard InChI is InChI=1S/C9H18N2/c1-4-11(9(2)3)8-6-5-7-10/h4-5,7,9H,1,6,8,10H2,2-3H3/b7-5-. The predicted molar refractivity (Wildman–Crippen MR) is 50.0 cm³/mol. The van der Waals surface area contributed by atoms with Crippen LogP contribution in [0, 0.1) is 0 Å². The van der Waals surface area contributed by atoms with Crippen molar-refractivity contribution in [2.45, 2.75) is 26.3 Å². The van der Waals surface area contributed by atoms with E-state index in [2.05, 4.69) is 25.3 Å². The van der Waals surface area contributed by atoms with Crippen molar-refractivity contribution < 1.29 is 0 Å². The number of nitrogens with two attached hydrogens (primary N) is 1. The first-order valence-corrected chi connectivity index (χ1v) is 3.97. The molecule has 0 atom stereocenters. The molecule has 0 unspecified atom stereocenters. The highest BCUT2D eigenvalue weighted by Gasteiger charge is 2.00. The molecule has 0 aromatic rings. The van der Waals surface area contributed by atoms with Gasteiger partial charge in [-0.05, 0) is 32.7 Å². The van der Waals surface area contributed by atoms with Crippen LogP contribution in [0.25, 0.3) is 0 Å². The third kappa shape index (κ3) is 4.48. The van der Waals surface area contributed by atoms with Crippen LogP contribution in [0.3, 0.4) is 0 Å². The van der Waals surface area contributed by atoms with Crippen LogP contribution >= 0.6 is 0 Å². The van der Waals surface area contributed by atoms with Crippen LogP contribution in [0.2, 0.25) is 0 Å². The fraction of sp³-hybridized carbons (Fsp3) is 0.556. The molecule has 0 radical (unpaired) electrons. The van der Waals surface area contributed by atoms with Gasteiger partial charge in [0.25, 0.3) is 0 Å². The number of hydrogen-bond acceptors (Lipinski definition) is 2. The lowest BCUT2D eigenvalue weighted by Crippen LogP contribution is -2.25. The van der Waals surface area contributed by atoms with E-state index in [1.165, 1.54) is 0 Å². The summed E-state index contributed by atoms with van der Waals surface area (Å²) < 4.78 is 0. The molecule has 0 amide bonds. The molecule has 0 heterocycles. The van der Waals surface area contributed by atoms with Crippen LogP contribution in [-0.4, -0.2) is 17.5 Å². The van der Waals surface area contributed by atoms with Crippen molar-refractivity contribution in [1.82, 2.24) is 4.90 Å². The lowest BCUT2D eigenvalue weighted by atomic mass is 10.3. The molecule has 2 nitrogen and oxygen atoms in total. The van der Waals surface area contributed by atoms with Crippen molar-refractivity contribution in [3.05, 3.63) is 25.1 Å². The average molecular weight is 154 g/mol. The molecule has 0 saturated heterocycles. The summed E-state index contributed by atoms with van der Waals surface area (Å²) >= 11 is 0. The van der Waals surface area contributed by atoms with E-state index in [9.17, 15) is 0 Å². The largest absolute Gasteiger partial charge is 0.405 e. The minimum Gasteiger partial charge on any atom is -0.405 e. The Morgan fingerprint density at radius 1 is 1.55 bits per heavy atom. The summed E-state index contributed by atoms with van der Waals surface area (Å²) in [6.45, 7) is 9.02. The zero-order valence-electron chi connectivity index (χ0n) is 7.46. The van der Waals surface area contributed by atoms with E-state index < -0.39 is 0 Å². The zero-order chi connectivity index (χ0) is 8.69. The average Bonchev–Trinajstić information content (AvgIpc) is 1.97. The van der Waals surface area contributed by atoms with Gasteiger partial charge < -0.3 is 10.6 Å². The summed E-state index contributed by atoms with van der Waals surface area (Å²) in [4.78, 5) is 2.18. The number of hydrogen-bond donors (Lipinski definition) is 1. The summed E-state index contributed by atoms with van der Waals surface area (Å²) in [5, 5.41) is 0. The van der Waals surface area contributed by atoms with Crippen molar-refractivity contribution in [1.29, 1.82) is 0 Å². The smallest absolute Gasteiger partial charge is 0.0227 e. The van der Waals surface area contributed by atoms with Gasteiger partial charge in [0.1, 0.15) is 0 Å². The van der Waals surface area contributed by atoms with Gasteiger partial charge in [-0.15, -0.1) is 0 Å². The third-order valence-corrected chi connectivity index (χ3v) is 1.59. The molecule has 0 rings (SSSR count). The van der Waals surface area contributed by atoms with Crippen molar-refractivity contribution >= 4 is 0 Å². The van der Waals surface area contributed by atoms with Gasteiger partial charge in [-0.25, -0.2) is 0 Å². The minimum atomic E-state index is 0.527. The highest BCUT2D eigenvalue weighted by Crippen LogP contribution is 1.99. The predicted octanol–water partition coefficient (Wildman–Crippen LogP) is 1.70. The molecular formula is C9H18N2. The molecular weight excluding hydrogens is 136 g/mol. The van der Waals surface area contributed by atoms with Crippen LogP contribution in [-0.2, 0) is 0 Å². The molecule has 2 heteroatoms. The molecule has 0 aliphatic heterocycles. The Morgan fingerprint density at radius 3 is 2.55 bits per heavy atom. The first-order valence-electron chi connectivity index (χ1n) is 3.97. The first kappa shape index (κ1) is 10.1. The van der Waals surface area contributed by atoms with Gasteiger partial charge in [-0.1, -0.05) is 12.7 Å². The molecule has 0 bridgehead atoms. The molecule has 0 fully saturated rings. The van der Waals surface area contributed by atoms with E-state index >= 15 is 0 Å². The molecule has 64 valence electrons. The number of rotatable bonds is 5. The highest BCUT2D eigenvalue weighted by atomic mass is 15.1. The van der Waals surface area contributed by atoms with Gasteiger partial charge in [0.15, 0.2) is 0 Å². The topological polar surface area (TPSA) is 29.3 Å². The molecule has 11 heavy (non-hydrogen) atoms. The van der Waals surface area contributed by atoms with Crippen molar-refractivity contribution in [2.75, 3.05) is 6.54 Å². The van der Waals surface area contributed by atoms with E-state index in [-0.39, 0.29) is 0 Å². The van der Waals surface area contributed by atoms with Gasteiger partial charge in [-0.2, -0.15) is 0 Å². The van der Waals surface area contributed by atoms with Crippen LogP contribution in [0.15, 0.2) is 25.1 Å². The van der Waals surface area contributed by atoms with E-state index in [1.54, 1.807) is 6.20 Å². The van der Waals surface area contributed by atoms with Gasteiger partial charge in [-0.3, -0.25) is 0 Å². The lowest BCUT2D eigenvalue weighted by molar-refractivity contribution is 0.317. The lowest BCUT2D eigenvalue weighted by Gasteiger charge is -2.23. The van der Waals surface area contributed by atoms with Gasteiger partial charge in [0.2, 0.25) is 0 Å². The second-order valence-corrected chi connectivity index (χ2v) is 2.73. The van der Waals surface area contributed by atoms with E-state index in [0.29, 0.717) is 6.04 Å². The fourth-order valence-corrected chi connectivity index (χ4v) is 0.880. The molecule has 0 aliphatic carbocycles. The minimum absolute atomic E-state index is 0.527. The molecule has 0 saturated carbocycles. The van der Waals surface area contributed by atoms with E-state index in [4.69, 9.17) is 5.73 Å². The monoisotopic (exact) mass is 154 g/mol.